The molecule has 0 spiro atoms. The number of rotatable bonds is 1. The predicted octanol–water partition coefficient (Wildman–Crippen LogP) is 6.59. The van der Waals surface area contributed by atoms with E-state index < -0.39 is 5.60 Å². The van der Waals surface area contributed by atoms with Gasteiger partial charge in [-0.05, 0) is 111 Å². The highest BCUT2D eigenvalue weighted by atomic mass is 16.3. The van der Waals surface area contributed by atoms with E-state index in [2.05, 4.69) is 20.8 Å². The van der Waals surface area contributed by atoms with Gasteiger partial charge < -0.3 is 5.11 Å². The quantitative estimate of drug-likeness (QED) is 0.561. The normalized spacial score (nSPS) is 57.5. The van der Waals surface area contributed by atoms with Crippen LogP contribution in [-0.4, -0.2) is 10.7 Å². The van der Waals surface area contributed by atoms with Gasteiger partial charge in [0, 0.05) is 0 Å². The van der Waals surface area contributed by atoms with Gasteiger partial charge in [0.25, 0.3) is 0 Å². The summed E-state index contributed by atoms with van der Waals surface area (Å²) in [5.74, 6) is 5.81. The first-order valence-corrected chi connectivity index (χ1v) is 12.1. The maximum atomic E-state index is 11.1. The molecule has 8 atom stereocenters. The van der Waals surface area contributed by atoms with Crippen LogP contribution in [0, 0.1) is 46.3 Å². The fourth-order valence-electron chi connectivity index (χ4n) is 9.39. The molecular weight excluding hydrogens is 316 g/mol. The Hall–Kier alpha value is -0.0400. The van der Waals surface area contributed by atoms with Crippen molar-refractivity contribution in [3.8, 4) is 0 Å². The van der Waals surface area contributed by atoms with Crippen LogP contribution >= 0.6 is 0 Å². The minimum atomic E-state index is -0.416. The summed E-state index contributed by atoms with van der Waals surface area (Å²) in [6.07, 6.45) is 18.7. The summed E-state index contributed by atoms with van der Waals surface area (Å²) in [6, 6.07) is 0. The third-order valence-electron chi connectivity index (χ3n) is 11.3. The van der Waals surface area contributed by atoms with E-state index >= 15 is 0 Å². The van der Waals surface area contributed by atoms with Crippen molar-refractivity contribution < 1.29 is 5.11 Å². The zero-order chi connectivity index (χ0) is 18.2. The maximum Gasteiger partial charge on any atom is 0.0675 e. The molecule has 5 fully saturated rings. The molecule has 1 N–H and O–H groups in total. The van der Waals surface area contributed by atoms with Crippen molar-refractivity contribution >= 4 is 0 Å². The lowest BCUT2D eigenvalue weighted by molar-refractivity contribution is -0.151. The molecule has 0 aromatic heterocycles. The van der Waals surface area contributed by atoms with Gasteiger partial charge in [0.15, 0.2) is 0 Å². The van der Waals surface area contributed by atoms with Crippen LogP contribution in [0.5, 0.6) is 0 Å². The van der Waals surface area contributed by atoms with Crippen molar-refractivity contribution in [2.45, 2.75) is 110 Å². The number of hydrogen-bond donors (Lipinski definition) is 1. The lowest BCUT2D eigenvalue weighted by atomic mass is 9.43. The van der Waals surface area contributed by atoms with Crippen molar-refractivity contribution in [2.75, 3.05) is 0 Å². The molecule has 0 amide bonds. The van der Waals surface area contributed by atoms with Crippen molar-refractivity contribution in [1.82, 2.24) is 0 Å². The summed E-state index contributed by atoms with van der Waals surface area (Å²) in [6.45, 7) is 7.29. The third kappa shape index (κ3) is 2.37. The Bertz CT molecular complexity index is 546. The van der Waals surface area contributed by atoms with E-state index in [1.165, 1.54) is 70.6 Å². The molecule has 0 aromatic carbocycles. The van der Waals surface area contributed by atoms with E-state index in [0.717, 1.165) is 41.9 Å². The smallest absolute Gasteiger partial charge is 0.0675 e. The summed E-state index contributed by atoms with van der Waals surface area (Å²) in [5.41, 5.74) is 0.396. The monoisotopic (exact) mass is 358 g/mol. The summed E-state index contributed by atoms with van der Waals surface area (Å²) < 4.78 is 0. The van der Waals surface area contributed by atoms with E-state index in [1.54, 1.807) is 6.42 Å². The van der Waals surface area contributed by atoms with Gasteiger partial charge in [-0.2, -0.15) is 0 Å². The molecule has 5 aliphatic carbocycles. The molecule has 5 saturated carbocycles. The first kappa shape index (κ1) is 18.0. The standard InChI is InChI=1S/C25H42O/c1-23-13-10-18(17-6-4-5-7-17)16-19(23)8-9-20-21(23)11-14-24(2)22(20)12-15-25(24,3)26/h17-22,26H,4-16H2,1-3H3/t18?,19?,20-,21+,22+,23+,24+,25?/m1/s1. The van der Waals surface area contributed by atoms with Crippen LogP contribution in [0.1, 0.15) is 104 Å². The minimum absolute atomic E-state index is 0.193. The molecule has 0 aliphatic heterocycles. The lowest BCUT2D eigenvalue weighted by Gasteiger charge is -2.62. The molecule has 3 unspecified atom stereocenters. The van der Waals surface area contributed by atoms with Gasteiger partial charge in [-0.15, -0.1) is 0 Å². The van der Waals surface area contributed by atoms with Crippen LogP contribution < -0.4 is 0 Å². The lowest BCUT2D eigenvalue weighted by Crippen LogP contribution is -2.56. The highest BCUT2D eigenvalue weighted by Gasteiger charge is 2.63. The molecule has 5 rings (SSSR count). The first-order valence-electron chi connectivity index (χ1n) is 12.1. The van der Waals surface area contributed by atoms with E-state index in [-0.39, 0.29) is 5.41 Å². The van der Waals surface area contributed by atoms with E-state index in [4.69, 9.17) is 0 Å². The van der Waals surface area contributed by atoms with E-state index in [0.29, 0.717) is 5.41 Å². The summed E-state index contributed by atoms with van der Waals surface area (Å²) >= 11 is 0. The number of aliphatic hydroxyl groups is 1. The molecule has 148 valence electrons. The highest BCUT2D eigenvalue weighted by molar-refractivity contribution is 5.12. The Morgan fingerprint density at radius 2 is 1.42 bits per heavy atom. The van der Waals surface area contributed by atoms with E-state index in [9.17, 15) is 5.11 Å². The zero-order valence-electron chi connectivity index (χ0n) is 17.6. The van der Waals surface area contributed by atoms with Gasteiger partial charge in [0.05, 0.1) is 5.60 Å². The van der Waals surface area contributed by atoms with Gasteiger partial charge in [0.2, 0.25) is 0 Å². The average Bonchev–Trinajstić information content (AvgIpc) is 3.21. The van der Waals surface area contributed by atoms with E-state index in [1.807, 2.05) is 0 Å². The maximum absolute atomic E-state index is 11.1. The molecule has 1 heteroatoms. The van der Waals surface area contributed by atoms with Crippen LogP contribution in [0.25, 0.3) is 0 Å². The molecule has 5 aliphatic rings. The Kier molecular flexibility index (Phi) is 4.14. The summed E-state index contributed by atoms with van der Waals surface area (Å²) in [7, 11) is 0. The van der Waals surface area contributed by atoms with Crippen LogP contribution in [0.4, 0.5) is 0 Å². The Balaban J connectivity index is 1.36. The van der Waals surface area contributed by atoms with Crippen LogP contribution in [0.2, 0.25) is 0 Å². The Morgan fingerprint density at radius 1 is 0.692 bits per heavy atom. The van der Waals surface area contributed by atoms with Gasteiger partial charge >= 0.3 is 0 Å². The fourth-order valence-corrected chi connectivity index (χ4v) is 9.39. The summed E-state index contributed by atoms with van der Waals surface area (Å²) in [4.78, 5) is 0. The van der Waals surface area contributed by atoms with Crippen LogP contribution in [0.3, 0.4) is 0 Å². The average molecular weight is 359 g/mol. The Morgan fingerprint density at radius 3 is 2.19 bits per heavy atom. The second-order valence-electron chi connectivity index (χ2n) is 12.0. The summed E-state index contributed by atoms with van der Waals surface area (Å²) in [5, 5.41) is 11.1. The fraction of sp³-hybridized carbons (Fsp3) is 1.00. The molecule has 0 radical (unpaired) electrons. The van der Waals surface area contributed by atoms with Gasteiger partial charge in [-0.25, -0.2) is 0 Å². The SMILES string of the molecule is CC1(O)CC[C@H]2[C@@H]3CCC4CC(C5CCCC5)CC[C@]4(C)[C@H]3CC[C@@]21C. The number of hydrogen-bond acceptors (Lipinski definition) is 1. The molecule has 0 bridgehead atoms. The molecule has 0 aromatic rings. The largest absolute Gasteiger partial charge is 0.390 e. The molecule has 26 heavy (non-hydrogen) atoms. The topological polar surface area (TPSA) is 20.2 Å². The predicted molar refractivity (Wildman–Crippen MR) is 108 cm³/mol. The van der Waals surface area contributed by atoms with Crippen LogP contribution in [-0.2, 0) is 0 Å². The minimum Gasteiger partial charge on any atom is -0.390 e. The van der Waals surface area contributed by atoms with Crippen molar-refractivity contribution in [2.24, 2.45) is 46.3 Å². The first-order chi connectivity index (χ1) is 12.4. The third-order valence-corrected chi connectivity index (χ3v) is 11.3. The highest BCUT2D eigenvalue weighted by Crippen LogP contribution is 2.68. The van der Waals surface area contributed by atoms with Gasteiger partial charge in [-0.1, -0.05) is 39.5 Å². The molecular formula is C25H42O. The molecule has 0 saturated heterocycles. The Labute approximate surface area is 161 Å². The number of fused-ring (bicyclic) bond motifs is 5. The van der Waals surface area contributed by atoms with Gasteiger partial charge in [-0.3, -0.25) is 0 Å². The molecule has 0 heterocycles. The van der Waals surface area contributed by atoms with Crippen LogP contribution in [0.15, 0.2) is 0 Å². The van der Waals surface area contributed by atoms with Crippen molar-refractivity contribution in [3.05, 3.63) is 0 Å². The van der Waals surface area contributed by atoms with Crippen molar-refractivity contribution in [1.29, 1.82) is 0 Å². The zero-order valence-corrected chi connectivity index (χ0v) is 17.6. The second-order valence-corrected chi connectivity index (χ2v) is 12.0. The van der Waals surface area contributed by atoms with Crippen molar-refractivity contribution in [3.63, 3.8) is 0 Å². The van der Waals surface area contributed by atoms with Gasteiger partial charge in [0.1, 0.15) is 0 Å². The second kappa shape index (κ2) is 5.98. The molecule has 1 nitrogen and oxygen atoms in total.